The summed E-state index contributed by atoms with van der Waals surface area (Å²) in [6, 6.07) is 11.1. The largest absolute Gasteiger partial charge is 0.315 e. The Morgan fingerprint density at radius 1 is 1.20 bits per heavy atom. The van der Waals surface area contributed by atoms with Gasteiger partial charge in [-0.1, -0.05) is 36.8 Å². The number of piperazine rings is 1. The standard InChI is InChI=1S/C24H30N4OS/c1-17-3-6-19(7-4-17)15-27-9-11-28(12-10-27)16-23(29)26-24-21(14-25)20-8-5-18(2)13-22(20)30-24/h3-4,6-7,18H,5,8-13,15-16H2,1-2H3,(H,26,29). The SMILES string of the molecule is Cc1ccc(CN2CCN(CC(=O)Nc3sc4c(c3C#N)CCC(C)C4)CC2)cc1. The van der Waals surface area contributed by atoms with Crippen LogP contribution in [0.25, 0.3) is 0 Å². The molecule has 1 fully saturated rings. The number of hydrogen-bond donors (Lipinski definition) is 1. The average molecular weight is 423 g/mol. The molecule has 1 unspecified atom stereocenters. The third kappa shape index (κ3) is 4.92. The topological polar surface area (TPSA) is 59.4 Å². The van der Waals surface area contributed by atoms with Gasteiger partial charge in [-0.15, -0.1) is 11.3 Å². The van der Waals surface area contributed by atoms with Crippen molar-refractivity contribution in [1.29, 1.82) is 5.26 Å². The first-order valence-corrected chi connectivity index (χ1v) is 11.7. The number of benzene rings is 1. The number of carbonyl (C=O) groups excluding carboxylic acids is 1. The number of thiophene rings is 1. The maximum Gasteiger partial charge on any atom is 0.239 e. The number of aryl methyl sites for hydroxylation is 1. The zero-order valence-corrected chi connectivity index (χ0v) is 18.7. The molecular formula is C24H30N4OS. The van der Waals surface area contributed by atoms with Crippen LogP contribution in [0.5, 0.6) is 0 Å². The number of nitriles is 1. The van der Waals surface area contributed by atoms with E-state index in [9.17, 15) is 10.1 Å². The highest BCUT2D eigenvalue weighted by Gasteiger charge is 2.25. The summed E-state index contributed by atoms with van der Waals surface area (Å²) in [5.74, 6) is 0.646. The number of amides is 1. The molecule has 1 amide bonds. The molecule has 0 spiro atoms. The van der Waals surface area contributed by atoms with E-state index < -0.39 is 0 Å². The third-order valence-electron chi connectivity index (χ3n) is 6.24. The summed E-state index contributed by atoms with van der Waals surface area (Å²) in [5.41, 5.74) is 4.49. The molecule has 1 aliphatic carbocycles. The van der Waals surface area contributed by atoms with Gasteiger partial charge in [0, 0.05) is 37.6 Å². The number of nitrogens with one attached hydrogen (secondary N) is 1. The van der Waals surface area contributed by atoms with Gasteiger partial charge in [0.05, 0.1) is 12.1 Å². The van der Waals surface area contributed by atoms with E-state index in [1.165, 1.54) is 21.6 Å². The maximum absolute atomic E-state index is 12.7. The second-order valence-corrected chi connectivity index (χ2v) is 9.86. The molecule has 1 aromatic heterocycles. The molecule has 1 atom stereocenters. The van der Waals surface area contributed by atoms with E-state index in [0.717, 1.165) is 57.0 Å². The van der Waals surface area contributed by atoms with Gasteiger partial charge in [-0.3, -0.25) is 14.6 Å². The molecule has 30 heavy (non-hydrogen) atoms. The highest BCUT2D eigenvalue weighted by atomic mass is 32.1. The van der Waals surface area contributed by atoms with E-state index in [1.54, 1.807) is 11.3 Å². The zero-order chi connectivity index (χ0) is 21.1. The van der Waals surface area contributed by atoms with Gasteiger partial charge in [0.1, 0.15) is 11.1 Å². The molecule has 5 nitrogen and oxygen atoms in total. The Bertz CT molecular complexity index is 935. The smallest absolute Gasteiger partial charge is 0.239 e. The Morgan fingerprint density at radius 2 is 1.90 bits per heavy atom. The van der Waals surface area contributed by atoms with Gasteiger partial charge >= 0.3 is 0 Å². The number of anilines is 1. The molecule has 1 aliphatic heterocycles. The Labute approximate surface area is 183 Å². The molecule has 4 rings (SSSR count). The van der Waals surface area contributed by atoms with Gasteiger partial charge in [0.15, 0.2) is 0 Å². The van der Waals surface area contributed by atoms with Crippen LogP contribution in [0.1, 0.15) is 40.5 Å². The van der Waals surface area contributed by atoms with E-state index >= 15 is 0 Å². The number of nitrogens with zero attached hydrogens (tertiary/aromatic N) is 3. The Hall–Kier alpha value is -2.20. The molecule has 158 valence electrons. The zero-order valence-electron chi connectivity index (χ0n) is 17.9. The monoisotopic (exact) mass is 422 g/mol. The number of rotatable bonds is 5. The Morgan fingerprint density at radius 3 is 2.60 bits per heavy atom. The Kier molecular flexibility index (Phi) is 6.52. The van der Waals surface area contributed by atoms with Crippen LogP contribution in [0.4, 0.5) is 5.00 Å². The van der Waals surface area contributed by atoms with Crippen molar-refractivity contribution < 1.29 is 4.79 Å². The molecule has 1 aromatic carbocycles. The van der Waals surface area contributed by atoms with E-state index in [-0.39, 0.29) is 5.91 Å². The summed E-state index contributed by atoms with van der Waals surface area (Å²) < 4.78 is 0. The molecule has 1 N–H and O–H groups in total. The van der Waals surface area contributed by atoms with Gasteiger partial charge in [0.2, 0.25) is 5.91 Å². The molecule has 6 heteroatoms. The van der Waals surface area contributed by atoms with Crippen molar-refractivity contribution in [2.75, 3.05) is 38.0 Å². The van der Waals surface area contributed by atoms with Crippen LogP contribution in [0.2, 0.25) is 0 Å². The normalized spacial score (nSPS) is 19.8. The molecule has 2 heterocycles. The molecule has 0 radical (unpaired) electrons. The second-order valence-electron chi connectivity index (χ2n) is 8.75. The molecule has 0 bridgehead atoms. The van der Waals surface area contributed by atoms with Gasteiger partial charge in [-0.25, -0.2) is 0 Å². The first kappa shape index (κ1) is 21.0. The third-order valence-corrected chi connectivity index (χ3v) is 7.41. The number of carbonyl (C=O) groups is 1. The minimum Gasteiger partial charge on any atom is -0.315 e. The highest BCUT2D eigenvalue weighted by Crippen LogP contribution is 2.39. The maximum atomic E-state index is 12.7. The van der Waals surface area contributed by atoms with Crippen molar-refractivity contribution in [3.05, 3.63) is 51.4 Å². The molecule has 2 aromatic rings. The average Bonchev–Trinajstić information content (AvgIpc) is 3.06. The lowest BCUT2D eigenvalue weighted by Gasteiger charge is -2.34. The molecular weight excluding hydrogens is 392 g/mol. The molecule has 1 saturated heterocycles. The number of fused-ring (bicyclic) bond motifs is 1. The van der Waals surface area contributed by atoms with Gasteiger partial charge in [-0.05, 0) is 43.2 Å². The lowest BCUT2D eigenvalue weighted by molar-refractivity contribution is -0.117. The predicted molar refractivity (Wildman–Crippen MR) is 122 cm³/mol. The first-order valence-electron chi connectivity index (χ1n) is 10.9. The van der Waals surface area contributed by atoms with Crippen molar-refractivity contribution in [3.8, 4) is 6.07 Å². The fraction of sp³-hybridized carbons (Fsp3) is 0.500. The van der Waals surface area contributed by atoms with Crippen LogP contribution >= 0.6 is 11.3 Å². The predicted octanol–water partition coefficient (Wildman–Crippen LogP) is 3.81. The van der Waals surface area contributed by atoms with Gasteiger partial charge < -0.3 is 5.32 Å². The fourth-order valence-electron chi connectivity index (χ4n) is 4.38. The van der Waals surface area contributed by atoms with Crippen LogP contribution in [0, 0.1) is 24.2 Å². The molecule has 2 aliphatic rings. The van der Waals surface area contributed by atoms with Crippen LogP contribution in [-0.4, -0.2) is 48.4 Å². The van der Waals surface area contributed by atoms with Crippen molar-refractivity contribution in [3.63, 3.8) is 0 Å². The minimum absolute atomic E-state index is 0.00914. The van der Waals surface area contributed by atoms with Crippen LogP contribution in [0.3, 0.4) is 0 Å². The van der Waals surface area contributed by atoms with Gasteiger partial charge in [-0.2, -0.15) is 5.26 Å². The summed E-state index contributed by atoms with van der Waals surface area (Å²) in [5, 5.41) is 13.4. The summed E-state index contributed by atoms with van der Waals surface area (Å²) in [4.78, 5) is 18.6. The van der Waals surface area contributed by atoms with Crippen molar-refractivity contribution in [2.24, 2.45) is 5.92 Å². The summed E-state index contributed by atoms with van der Waals surface area (Å²) in [6.45, 7) is 9.44. The lowest BCUT2D eigenvalue weighted by atomic mass is 9.89. The highest BCUT2D eigenvalue weighted by molar-refractivity contribution is 7.16. The summed E-state index contributed by atoms with van der Waals surface area (Å²) in [6.07, 6.45) is 3.10. The van der Waals surface area contributed by atoms with Crippen molar-refractivity contribution in [2.45, 2.75) is 39.7 Å². The van der Waals surface area contributed by atoms with E-state index in [2.05, 4.69) is 59.3 Å². The van der Waals surface area contributed by atoms with Gasteiger partial charge in [0.25, 0.3) is 0 Å². The first-order chi connectivity index (χ1) is 14.5. The quantitative estimate of drug-likeness (QED) is 0.796. The van der Waals surface area contributed by atoms with E-state index in [1.807, 2.05) is 0 Å². The van der Waals surface area contributed by atoms with Crippen molar-refractivity contribution in [1.82, 2.24) is 9.80 Å². The van der Waals surface area contributed by atoms with E-state index in [4.69, 9.17) is 0 Å². The fourth-order valence-corrected chi connectivity index (χ4v) is 5.76. The minimum atomic E-state index is -0.00914. The van der Waals surface area contributed by atoms with Crippen molar-refractivity contribution >= 4 is 22.2 Å². The van der Waals surface area contributed by atoms with Crippen LogP contribution < -0.4 is 5.32 Å². The van der Waals surface area contributed by atoms with E-state index in [0.29, 0.717) is 18.0 Å². The number of hydrogen-bond acceptors (Lipinski definition) is 5. The Balaban J connectivity index is 1.28. The molecule has 0 saturated carbocycles. The summed E-state index contributed by atoms with van der Waals surface area (Å²) in [7, 11) is 0. The summed E-state index contributed by atoms with van der Waals surface area (Å²) >= 11 is 1.60. The van der Waals surface area contributed by atoms with Crippen LogP contribution in [0.15, 0.2) is 24.3 Å². The lowest BCUT2D eigenvalue weighted by Crippen LogP contribution is -2.48. The second kappa shape index (κ2) is 9.30. The van der Waals surface area contributed by atoms with Crippen LogP contribution in [-0.2, 0) is 24.2 Å².